The van der Waals surface area contributed by atoms with Crippen molar-refractivity contribution >= 4 is 33.5 Å². The van der Waals surface area contributed by atoms with Crippen LogP contribution in [0.3, 0.4) is 0 Å². The van der Waals surface area contributed by atoms with Crippen molar-refractivity contribution in [2.45, 2.75) is 0 Å². The monoisotopic (exact) mass is 407 g/mol. The molecule has 0 saturated heterocycles. The van der Waals surface area contributed by atoms with Crippen LogP contribution in [0.15, 0.2) is 47.3 Å². The third-order valence-corrected chi connectivity index (χ3v) is 4.52. The molecule has 112 valence electrons. The van der Waals surface area contributed by atoms with E-state index in [-0.39, 0.29) is 5.43 Å². The summed E-state index contributed by atoms with van der Waals surface area (Å²) in [7, 11) is 3.21. The summed E-state index contributed by atoms with van der Waals surface area (Å²) in [6.07, 6.45) is 0. The van der Waals surface area contributed by atoms with E-state index in [1.807, 2.05) is 36.4 Å². The number of ether oxygens (including phenoxy) is 2. The van der Waals surface area contributed by atoms with E-state index in [4.69, 9.17) is 9.47 Å². The Hall–Kier alpha value is -2.02. The summed E-state index contributed by atoms with van der Waals surface area (Å²) >= 11 is 2.08. The quantitative estimate of drug-likeness (QED) is 0.672. The predicted molar refractivity (Wildman–Crippen MR) is 95.8 cm³/mol. The minimum atomic E-state index is 0.0201. The Kier molecular flexibility index (Phi) is 4.06. The lowest BCUT2D eigenvalue weighted by Crippen LogP contribution is -2.09. The third-order valence-electron chi connectivity index (χ3n) is 3.49. The van der Waals surface area contributed by atoms with Crippen molar-refractivity contribution in [1.29, 1.82) is 0 Å². The first-order chi connectivity index (χ1) is 10.6. The van der Waals surface area contributed by atoms with E-state index in [0.29, 0.717) is 20.5 Å². The van der Waals surface area contributed by atoms with E-state index in [2.05, 4.69) is 27.6 Å². The molecule has 0 aliphatic heterocycles. The molecule has 0 spiro atoms. The predicted octanol–water partition coefficient (Wildman–Crippen LogP) is 3.82. The maximum absolute atomic E-state index is 12.5. The van der Waals surface area contributed by atoms with Gasteiger partial charge in [0.2, 0.25) is 5.43 Å². The van der Waals surface area contributed by atoms with Crippen LogP contribution in [0, 0.1) is 3.57 Å². The van der Waals surface area contributed by atoms with Crippen LogP contribution in [0.4, 0.5) is 0 Å². The molecular formula is C17H14INO3. The highest BCUT2D eigenvalue weighted by atomic mass is 127. The molecule has 0 atom stereocenters. The van der Waals surface area contributed by atoms with Gasteiger partial charge in [0.05, 0.1) is 23.5 Å². The average molecular weight is 407 g/mol. The van der Waals surface area contributed by atoms with Crippen molar-refractivity contribution in [3.8, 4) is 22.8 Å². The summed E-state index contributed by atoms with van der Waals surface area (Å²) in [5.41, 5.74) is 2.45. The molecule has 5 heteroatoms. The van der Waals surface area contributed by atoms with Crippen molar-refractivity contribution in [3.63, 3.8) is 0 Å². The summed E-state index contributed by atoms with van der Waals surface area (Å²) in [5.74, 6) is 1.36. The zero-order chi connectivity index (χ0) is 15.7. The van der Waals surface area contributed by atoms with Crippen LogP contribution >= 0.6 is 22.6 Å². The van der Waals surface area contributed by atoms with Gasteiger partial charge in [-0.15, -0.1) is 0 Å². The molecule has 1 N–H and O–H groups in total. The van der Waals surface area contributed by atoms with Crippen molar-refractivity contribution < 1.29 is 9.47 Å². The van der Waals surface area contributed by atoms with Crippen molar-refractivity contribution in [2.24, 2.45) is 0 Å². The molecule has 0 aliphatic rings. The number of halogens is 1. The Balaban J connectivity index is 2.30. The van der Waals surface area contributed by atoms with Crippen LogP contribution in [-0.2, 0) is 0 Å². The van der Waals surface area contributed by atoms with Gasteiger partial charge in [-0.3, -0.25) is 4.79 Å². The second-order valence-electron chi connectivity index (χ2n) is 4.79. The Morgan fingerprint density at radius 2 is 1.64 bits per heavy atom. The number of H-pyrrole nitrogens is 1. The topological polar surface area (TPSA) is 51.3 Å². The molecular weight excluding hydrogens is 393 g/mol. The Labute approximate surface area is 141 Å². The summed E-state index contributed by atoms with van der Waals surface area (Å²) < 4.78 is 11.2. The molecule has 0 radical (unpaired) electrons. The maximum Gasteiger partial charge on any atom is 0.203 e. The standard InChI is InChI=1S/C17H14INO3/c1-21-11-7-10(8-12(9-11)22-2)16-15(18)17(20)13-5-3-4-6-14(13)19-16/h3-9H,1-2H3,(H,19,20). The molecule has 3 aromatic rings. The number of hydrogen-bond acceptors (Lipinski definition) is 3. The molecule has 0 bridgehead atoms. The highest BCUT2D eigenvalue weighted by Gasteiger charge is 2.13. The van der Waals surface area contributed by atoms with Crippen LogP contribution in [0.2, 0.25) is 0 Å². The van der Waals surface area contributed by atoms with Gasteiger partial charge in [-0.1, -0.05) is 12.1 Å². The van der Waals surface area contributed by atoms with Gasteiger partial charge in [0.15, 0.2) is 0 Å². The molecule has 0 saturated carbocycles. The van der Waals surface area contributed by atoms with E-state index >= 15 is 0 Å². The lowest BCUT2D eigenvalue weighted by atomic mass is 10.1. The first-order valence-electron chi connectivity index (χ1n) is 6.68. The fraction of sp³-hybridized carbons (Fsp3) is 0.118. The fourth-order valence-corrected chi connectivity index (χ4v) is 3.10. The van der Waals surface area contributed by atoms with Gasteiger partial charge in [0.25, 0.3) is 0 Å². The highest BCUT2D eigenvalue weighted by molar-refractivity contribution is 14.1. The summed E-state index contributed by atoms with van der Waals surface area (Å²) in [6.45, 7) is 0. The van der Waals surface area contributed by atoms with E-state index in [1.54, 1.807) is 20.3 Å². The van der Waals surface area contributed by atoms with Gasteiger partial charge in [0, 0.05) is 22.5 Å². The minimum absolute atomic E-state index is 0.0201. The lowest BCUT2D eigenvalue weighted by molar-refractivity contribution is 0.394. The molecule has 0 unspecified atom stereocenters. The number of aromatic amines is 1. The number of rotatable bonds is 3. The number of methoxy groups -OCH3 is 2. The summed E-state index contributed by atoms with van der Waals surface area (Å²) in [5, 5.41) is 0.686. The molecule has 0 fully saturated rings. The van der Waals surface area contributed by atoms with Crippen molar-refractivity contribution in [2.75, 3.05) is 14.2 Å². The Bertz CT molecular complexity index is 880. The van der Waals surface area contributed by atoms with E-state index in [9.17, 15) is 4.79 Å². The van der Waals surface area contributed by atoms with Crippen LogP contribution in [0.25, 0.3) is 22.2 Å². The SMILES string of the molecule is COc1cc(OC)cc(-c2[nH]c3ccccc3c(=O)c2I)c1. The van der Waals surface area contributed by atoms with E-state index in [1.165, 1.54) is 0 Å². The average Bonchev–Trinajstić information content (AvgIpc) is 2.57. The van der Waals surface area contributed by atoms with Gasteiger partial charge in [-0.25, -0.2) is 0 Å². The van der Waals surface area contributed by atoms with Crippen molar-refractivity contribution in [3.05, 3.63) is 56.3 Å². The molecule has 1 heterocycles. The first kappa shape index (κ1) is 14.9. The Morgan fingerprint density at radius 1 is 1.00 bits per heavy atom. The van der Waals surface area contributed by atoms with Crippen LogP contribution in [-0.4, -0.2) is 19.2 Å². The van der Waals surface area contributed by atoms with Gasteiger partial charge in [-0.2, -0.15) is 0 Å². The normalized spacial score (nSPS) is 10.7. The van der Waals surface area contributed by atoms with Gasteiger partial charge in [-0.05, 0) is 46.9 Å². The second kappa shape index (κ2) is 6.00. The third kappa shape index (κ3) is 2.56. The number of pyridine rings is 1. The largest absolute Gasteiger partial charge is 0.497 e. The Morgan fingerprint density at radius 3 is 2.27 bits per heavy atom. The molecule has 3 rings (SSSR count). The molecule has 1 aromatic heterocycles. The number of nitrogens with one attached hydrogen (secondary N) is 1. The smallest absolute Gasteiger partial charge is 0.203 e. The maximum atomic E-state index is 12.5. The zero-order valence-corrected chi connectivity index (χ0v) is 14.3. The second-order valence-corrected chi connectivity index (χ2v) is 5.87. The zero-order valence-electron chi connectivity index (χ0n) is 12.1. The molecule has 4 nitrogen and oxygen atoms in total. The highest BCUT2D eigenvalue weighted by Crippen LogP contribution is 2.31. The summed E-state index contributed by atoms with van der Waals surface area (Å²) in [6, 6.07) is 13.0. The number of para-hydroxylation sites is 1. The first-order valence-corrected chi connectivity index (χ1v) is 7.76. The van der Waals surface area contributed by atoms with Crippen LogP contribution in [0.1, 0.15) is 0 Å². The van der Waals surface area contributed by atoms with E-state index in [0.717, 1.165) is 16.8 Å². The summed E-state index contributed by atoms with van der Waals surface area (Å²) in [4.78, 5) is 15.9. The molecule has 0 aliphatic carbocycles. The van der Waals surface area contributed by atoms with Crippen LogP contribution in [0.5, 0.6) is 11.5 Å². The van der Waals surface area contributed by atoms with Crippen LogP contribution < -0.4 is 14.9 Å². The van der Waals surface area contributed by atoms with Crippen molar-refractivity contribution in [1.82, 2.24) is 4.98 Å². The van der Waals surface area contributed by atoms with Gasteiger partial charge >= 0.3 is 0 Å². The molecule has 2 aromatic carbocycles. The number of fused-ring (bicyclic) bond motifs is 1. The number of benzene rings is 2. The molecule has 0 amide bonds. The minimum Gasteiger partial charge on any atom is -0.497 e. The van der Waals surface area contributed by atoms with E-state index < -0.39 is 0 Å². The number of aromatic nitrogens is 1. The number of hydrogen-bond donors (Lipinski definition) is 1. The lowest BCUT2D eigenvalue weighted by Gasteiger charge is -2.11. The fourth-order valence-electron chi connectivity index (χ4n) is 2.36. The molecule has 22 heavy (non-hydrogen) atoms. The van der Waals surface area contributed by atoms with Gasteiger partial charge in [0.1, 0.15) is 11.5 Å². The van der Waals surface area contributed by atoms with Gasteiger partial charge < -0.3 is 14.5 Å².